The lowest BCUT2D eigenvalue weighted by molar-refractivity contribution is 0.356. The Bertz CT molecular complexity index is 1030. The van der Waals surface area contributed by atoms with Gasteiger partial charge in [0.25, 0.3) is 5.56 Å². The van der Waals surface area contributed by atoms with E-state index in [9.17, 15) is 17.6 Å². The van der Waals surface area contributed by atoms with Crippen LogP contribution in [0.15, 0.2) is 16.9 Å². The van der Waals surface area contributed by atoms with Gasteiger partial charge in [-0.15, -0.1) is 0 Å². The van der Waals surface area contributed by atoms with Gasteiger partial charge in [0, 0.05) is 18.7 Å². The van der Waals surface area contributed by atoms with Crippen molar-refractivity contribution >= 4 is 38.9 Å². The molecule has 26 heavy (non-hydrogen) atoms. The molecule has 1 N–H and O–H groups in total. The molecule has 1 aromatic carbocycles. The smallest absolute Gasteiger partial charge is 0.276 e. The molecule has 1 aliphatic heterocycles. The number of anilines is 1. The minimum atomic E-state index is -3.69. The molecule has 10 heteroatoms. The number of rotatable bonds is 4. The van der Waals surface area contributed by atoms with Crippen LogP contribution in [0.25, 0.3) is 11.1 Å². The van der Waals surface area contributed by atoms with E-state index in [1.54, 1.807) is 4.68 Å². The van der Waals surface area contributed by atoms with E-state index in [2.05, 4.69) is 4.72 Å². The molecule has 0 bridgehead atoms. The molecule has 2 heterocycles. The van der Waals surface area contributed by atoms with Crippen molar-refractivity contribution in [1.29, 1.82) is 0 Å². The van der Waals surface area contributed by atoms with E-state index < -0.39 is 26.6 Å². The average Bonchev–Trinajstić information content (AvgIpc) is 2.82. The van der Waals surface area contributed by atoms with Gasteiger partial charge in [-0.2, -0.15) is 0 Å². The highest BCUT2D eigenvalue weighted by molar-refractivity contribution is 7.93. The second-order valence-corrected chi connectivity index (χ2v) is 9.43. The lowest BCUT2D eigenvalue weighted by atomic mass is 10.1. The standard InChI is InChI=1S/C16H18Cl2FN3O3S/c1-9(2)26(24,25)20-13-7-10(12(19)8-11(13)17)14-15(18)21-5-3-4-6-22(21)16(14)23/h7-9,20H,3-6H2,1-2H3. The monoisotopic (exact) mass is 421 g/mol. The predicted octanol–water partition coefficient (Wildman–Crippen LogP) is 3.71. The van der Waals surface area contributed by atoms with Crippen molar-refractivity contribution in [3.05, 3.63) is 38.5 Å². The van der Waals surface area contributed by atoms with E-state index in [0.29, 0.717) is 13.1 Å². The maximum atomic E-state index is 14.6. The number of fused-ring (bicyclic) bond motifs is 1. The topological polar surface area (TPSA) is 73.1 Å². The van der Waals surface area contributed by atoms with Crippen molar-refractivity contribution in [2.24, 2.45) is 0 Å². The molecule has 0 spiro atoms. The lowest BCUT2D eigenvalue weighted by Gasteiger charge is -2.17. The summed E-state index contributed by atoms with van der Waals surface area (Å²) in [5, 5.41) is -0.674. The molecule has 1 aromatic heterocycles. The number of hydrogen-bond acceptors (Lipinski definition) is 3. The Labute approximate surface area is 160 Å². The van der Waals surface area contributed by atoms with E-state index in [0.717, 1.165) is 18.9 Å². The number of benzene rings is 1. The molecular formula is C16H18Cl2FN3O3S. The molecule has 0 aliphatic carbocycles. The molecule has 3 rings (SSSR count). The summed E-state index contributed by atoms with van der Waals surface area (Å²) in [6.45, 7) is 4.08. The maximum absolute atomic E-state index is 14.6. The van der Waals surface area contributed by atoms with Gasteiger partial charge in [-0.05, 0) is 38.8 Å². The fourth-order valence-electron chi connectivity index (χ4n) is 2.84. The zero-order valence-corrected chi connectivity index (χ0v) is 16.6. The predicted molar refractivity (Wildman–Crippen MR) is 101 cm³/mol. The molecule has 0 atom stereocenters. The summed E-state index contributed by atoms with van der Waals surface area (Å²) >= 11 is 12.3. The van der Waals surface area contributed by atoms with Crippen LogP contribution in [0, 0.1) is 5.82 Å². The molecular weight excluding hydrogens is 404 g/mol. The molecule has 1 aliphatic rings. The van der Waals surface area contributed by atoms with E-state index in [1.165, 1.54) is 24.6 Å². The van der Waals surface area contributed by atoms with Crippen LogP contribution in [0.2, 0.25) is 10.2 Å². The molecule has 142 valence electrons. The van der Waals surface area contributed by atoms with Gasteiger partial charge in [-0.1, -0.05) is 23.2 Å². The first-order chi connectivity index (χ1) is 12.1. The first-order valence-corrected chi connectivity index (χ1v) is 10.4. The molecule has 0 amide bonds. The van der Waals surface area contributed by atoms with Gasteiger partial charge in [0.2, 0.25) is 10.0 Å². The van der Waals surface area contributed by atoms with Crippen molar-refractivity contribution in [3.63, 3.8) is 0 Å². The van der Waals surface area contributed by atoms with Gasteiger partial charge in [0.1, 0.15) is 11.0 Å². The van der Waals surface area contributed by atoms with Crippen LogP contribution in [0.1, 0.15) is 26.7 Å². The second kappa shape index (κ2) is 6.90. The molecule has 0 fully saturated rings. The van der Waals surface area contributed by atoms with Gasteiger partial charge in [-0.3, -0.25) is 14.2 Å². The van der Waals surface area contributed by atoms with E-state index in [1.807, 2.05) is 0 Å². The Balaban J connectivity index is 2.17. The molecule has 6 nitrogen and oxygen atoms in total. The van der Waals surface area contributed by atoms with Crippen LogP contribution in [-0.4, -0.2) is 23.0 Å². The van der Waals surface area contributed by atoms with Crippen LogP contribution in [0.5, 0.6) is 0 Å². The van der Waals surface area contributed by atoms with Gasteiger partial charge in [0.15, 0.2) is 0 Å². The zero-order chi connectivity index (χ0) is 19.2. The Morgan fingerprint density at radius 1 is 1.15 bits per heavy atom. The highest BCUT2D eigenvalue weighted by atomic mass is 35.5. The summed E-state index contributed by atoms with van der Waals surface area (Å²) in [5.41, 5.74) is -0.483. The average molecular weight is 422 g/mol. The van der Waals surface area contributed by atoms with Crippen LogP contribution >= 0.6 is 23.2 Å². The SMILES string of the molecule is CC(C)S(=O)(=O)Nc1cc(-c2c(Cl)n3n(c2=O)CCCC3)c(F)cc1Cl. The van der Waals surface area contributed by atoms with Crippen LogP contribution in [0.3, 0.4) is 0 Å². The molecule has 0 unspecified atom stereocenters. The molecule has 0 saturated heterocycles. The largest absolute Gasteiger partial charge is 0.282 e. The van der Waals surface area contributed by atoms with Crippen molar-refractivity contribution < 1.29 is 12.8 Å². The number of hydrogen-bond donors (Lipinski definition) is 1. The van der Waals surface area contributed by atoms with E-state index in [4.69, 9.17) is 23.2 Å². The van der Waals surface area contributed by atoms with Gasteiger partial charge >= 0.3 is 0 Å². The third-order valence-corrected chi connectivity index (χ3v) is 6.80. The molecule has 0 radical (unpaired) electrons. The Morgan fingerprint density at radius 3 is 2.35 bits per heavy atom. The van der Waals surface area contributed by atoms with Crippen molar-refractivity contribution in [2.75, 3.05) is 4.72 Å². The van der Waals surface area contributed by atoms with Gasteiger partial charge in [0.05, 0.1) is 21.5 Å². The summed E-state index contributed by atoms with van der Waals surface area (Å²) in [6, 6.07) is 2.19. The van der Waals surface area contributed by atoms with E-state index in [-0.39, 0.29) is 27.0 Å². The zero-order valence-electron chi connectivity index (χ0n) is 14.2. The molecule has 2 aromatic rings. The van der Waals surface area contributed by atoms with Crippen molar-refractivity contribution in [3.8, 4) is 11.1 Å². The summed E-state index contributed by atoms with van der Waals surface area (Å²) < 4.78 is 44.2. The maximum Gasteiger partial charge on any atom is 0.276 e. The fourth-order valence-corrected chi connectivity index (χ4v) is 4.17. The Morgan fingerprint density at radius 2 is 1.77 bits per heavy atom. The van der Waals surface area contributed by atoms with Crippen molar-refractivity contribution in [1.82, 2.24) is 9.36 Å². The summed E-state index contributed by atoms with van der Waals surface area (Å²) in [4.78, 5) is 12.7. The highest BCUT2D eigenvalue weighted by Crippen LogP contribution is 2.35. The first kappa shape index (κ1) is 19.3. The molecule has 0 saturated carbocycles. The number of aromatic nitrogens is 2. The number of nitrogens with zero attached hydrogens (tertiary/aromatic N) is 2. The number of halogens is 3. The first-order valence-electron chi connectivity index (χ1n) is 8.13. The lowest BCUT2D eigenvalue weighted by Crippen LogP contribution is -2.27. The van der Waals surface area contributed by atoms with Crippen LogP contribution in [0.4, 0.5) is 10.1 Å². The number of sulfonamides is 1. The normalized spacial score (nSPS) is 14.5. The van der Waals surface area contributed by atoms with Gasteiger partial charge < -0.3 is 0 Å². The number of nitrogens with one attached hydrogen (secondary N) is 1. The van der Waals surface area contributed by atoms with E-state index >= 15 is 0 Å². The Kier molecular flexibility index (Phi) is 5.11. The van der Waals surface area contributed by atoms with Crippen LogP contribution in [-0.2, 0) is 23.1 Å². The van der Waals surface area contributed by atoms with Crippen LogP contribution < -0.4 is 10.3 Å². The summed E-state index contributed by atoms with van der Waals surface area (Å²) in [6.07, 6.45) is 1.71. The minimum absolute atomic E-state index is 0.00130. The minimum Gasteiger partial charge on any atom is -0.282 e. The fraction of sp³-hybridized carbons (Fsp3) is 0.438. The third kappa shape index (κ3) is 3.25. The quantitative estimate of drug-likeness (QED) is 0.817. The van der Waals surface area contributed by atoms with Crippen molar-refractivity contribution in [2.45, 2.75) is 45.0 Å². The summed E-state index contributed by atoms with van der Waals surface area (Å²) in [7, 11) is -3.69. The highest BCUT2D eigenvalue weighted by Gasteiger charge is 2.26. The van der Waals surface area contributed by atoms with Gasteiger partial charge in [-0.25, -0.2) is 17.5 Å². The summed E-state index contributed by atoms with van der Waals surface area (Å²) in [5.74, 6) is -0.745. The second-order valence-electron chi connectivity index (χ2n) is 6.43. The third-order valence-electron chi connectivity index (χ3n) is 4.36. The Hall–Kier alpha value is -1.51.